The highest BCUT2D eigenvalue weighted by atomic mass is 16.5. The van der Waals surface area contributed by atoms with E-state index in [2.05, 4.69) is 15.9 Å². The molecule has 2 aliphatic heterocycles. The molecule has 34 heavy (non-hydrogen) atoms. The number of rotatable bonds is 10. The van der Waals surface area contributed by atoms with Crippen molar-refractivity contribution >= 4 is 22.3 Å². The van der Waals surface area contributed by atoms with Crippen LogP contribution in [0, 0.1) is 0 Å². The van der Waals surface area contributed by atoms with Gasteiger partial charge in [0.05, 0.1) is 26.4 Å². The van der Waals surface area contributed by atoms with Crippen molar-refractivity contribution in [3.05, 3.63) is 46.5 Å². The number of nitrogens with zero attached hydrogens (tertiary/aromatic N) is 2. The summed E-state index contributed by atoms with van der Waals surface area (Å²) in [6.07, 6.45) is 4.73. The summed E-state index contributed by atoms with van der Waals surface area (Å²) in [7, 11) is 0. The van der Waals surface area contributed by atoms with Crippen LogP contribution in [-0.2, 0) is 22.3 Å². The Balaban J connectivity index is 1.25. The Bertz CT molecular complexity index is 1040. The number of hydrogen-bond acceptors (Lipinski definition) is 6. The van der Waals surface area contributed by atoms with Gasteiger partial charge in [0.15, 0.2) is 11.6 Å². The smallest absolute Gasteiger partial charge is 0.163 e. The highest BCUT2D eigenvalue weighted by Crippen LogP contribution is 2.36. The molecule has 0 N–H and O–H groups in total. The van der Waals surface area contributed by atoms with Crippen LogP contribution in [0.2, 0.25) is 0 Å². The van der Waals surface area contributed by atoms with Crippen molar-refractivity contribution in [2.24, 2.45) is 0 Å². The maximum absolute atomic E-state index is 13.1. The van der Waals surface area contributed by atoms with Crippen molar-refractivity contribution in [3.63, 3.8) is 0 Å². The highest BCUT2D eigenvalue weighted by Gasteiger charge is 2.24. The van der Waals surface area contributed by atoms with Crippen LogP contribution in [0.25, 0.3) is 10.8 Å². The van der Waals surface area contributed by atoms with E-state index in [1.54, 1.807) is 0 Å². The summed E-state index contributed by atoms with van der Waals surface area (Å²) in [5.41, 5.74) is 4.12. The molecule has 182 valence electrons. The topological polar surface area (TPSA) is 59.1 Å². The lowest BCUT2D eigenvalue weighted by molar-refractivity contribution is 0.0370. The van der Waals surface area contributed by atoms with Gasteiger partial charge in [-0.25, -0.2) is 0 Å². The third-order valence-electron chi connectivity index (χ3n) is 7.58. The fourth-order valence-electron chi connectivity index (χ4n) is 5.67. The number of carbonyl (C=O) groups excluding carboxylic acids is 2. The zero-order valence-corrected chi connectivity index (χ0v) is 20.2. The minimum atomic E-state index is 0.210. The summed E-state index contributed by atoms with van der Waals surface area (Å²) in [6.45, 7) is 8.89. The molecule has 2 aromatic rings. The molecule has 6 nitrogen and oxygen atoms in total. The molecule has 0 amide bonds. The van der Waals surface area contributed by atoms with Crippen LogP contribution in [0.1, 0.15) is 57.5 Å². The number of morpholine rings is 2. The first-order valence-corrected chi connectivity index (χ1v) is 12.9. The summed E-state index contributed by atoms with van der Waals surface area (Å²) in [5, 5.41) is 2.20. The van der Waals surface area contributed by atoms with E-state index in [1.807, 2.05) is 18.2 Å². The first-order valence-electron chi connectivity index (χ1n) is 12.9. The van der Waals surface area contributed by atoms with Crippen LogP contribution < -0.4 is 0 Å². The van der Waals surface area contributed by atoms with Gasteiger partial charge in [-0.05, 0) is 60.7 Å². The first-order chi connectivity index (χ1) is 16.7. The fraction of sp³-hybridized carbons (Fsp3) is 0.571. The normalized spacial score (nSPS) is 19.1. The second kappa shape index (κ2) is 11.1. The van der Waals surface area contributed by atoms with E-state index < -0.39 is 0 Å². The van der Waals surface area contributed by atoms with E-state index in [4.69, 9.17) is 9.47 Å². The van der Waals surface area contributed by atoms with Crippen molar-refractivity contribution in [1.29, 1.82) is 0 Å². The van der Waals surface area contributed by atoms with Crippen LogP contribution in [-0.4, -0.2) is 87.1 Å². The van der Waals surface area contributed by atoms with Gasteiger partial charge in [0.1, 0.15) is 0 Å². The predicted molar refractivity (Wildman–Crippen MR) is 133 cm³/mol. The number of aryl methyl sites for hydroxylation is 2. The Morgan fingerprint density at radius 1 is 0.706 bits per heavy atom. The maximum Gasteiger partial charge on any atom is 0.163 e. The molecular formula is C28H36N2O4. The quantitative estimate of drug-likeness (QED) is 0.502. The SMILES string of the molecule is O=C(CCCN1CCOCC1)c1ccc2c(C(=O)CCCN3CCOCC3)ccc3c2c1CC3. The molecule has 0 aromatic heterocycles. The molecule has 0 atom stereocenters. The molecule has 0 unspecified atom stereocenters. The summed E-state index contributed by atoms with van der Waals surface area (Å²) in [6, 6.07) is 8.13. The Morgan fingerprint density at radius 2 is 1.26 bits per heavy atom. The standard InChI is InChI=1S/C28H36N2O4/c31-26(3-1-11-29-13-17-33-18-14-29)22-7-5-21-6-8-24-23(9-10-25(22)28(21)24)27(32)4-2-12-30-15-19-34-20-16-30/h5,7,9-10H,1-4,6,8,11-20H2. The average Bonchev–Trinajstić information content (AvgIpc) is 3.31. The minimum Gasteiger partial charge on any atom is -0.379 e. The highest BCUT2D eigenvalue weighted by molar-refractivity contribution is 6.12. The molecule has 2 heterocycles. The van der Waals surface area contributed by atoms with Crippen molar-refractivity contribution in [2.45, 2.75) is 38.5 Å². The second-order valence-corrected chi connectivity index (χ2v) is 9.75. The molecule has 2 fully saturated rings. The van der Waals surface area contributed by atoms with E-state index in [1.165, 1.54) is 5.56 Å². The Morgan fingerprint density at radius 3 is 1.88 bits per heavy atom. The molecule has 0 bridgehead atoms. The van der Waals surface area contributed by atoms with Gasteiger partial charge in [-0.2, -0.15) is 0 Å². The summed E-state index contributed by atoms with van der Waals surface area (Å²) < 4.78 is 10.8. The van der Waals surface area contributed by atoms with Crippen molar-refractivity contribution in [1.82, 2.24) is 9.80 Å². The molecule has 2 aromatic carbocycles. The lowest BCUT2D eigenvalue weighted by atomic mass is 9.92. The minimum absolute atomic E-state index is 0.210. The molecule has 3 aliphatic rings. The van der Waals surface area contributed by atoms with E-state index in [9.17, 15) is 9.59 Å². The molecule has 1 aliphatic carbocycles. The molecule has 0 radical (unpaired) electrons. The van der Waals surface area contributed by atoms with Crippen LogP contribution in [0.4, 0.5) is 0 Å². The largest absolute Gasteiger partial charge is 0.379 e. The van der Waals surface area contributed by atoms with Gasteiger partial charge in [0.25, 0.3) is 0 Å². The van der Waals surface area contributed by atoms with Gasteiger partial charge < -0.3 is 9.47 Å². The second-order valence-electron chi connectivity index (χ2n) is 9.75. The van der Waals surface area contributed by atoms with Gasteiger partial charge in [-0.1, -0.05) is 24.3 Å². The van der Waals surface area contributed by atoms with E-state index >= 15 is 0 Å². The van der Waals surface area contributed by atoms with Crippen LogP contribution >= 0.6 is 0 Å². The lowest BCUT2D eigenvalue weighted by Gasteiger charge is -2.26. The molecule has 5 rings (SSSR count). The number of hydrogen-bond donors (Lipinski definition) is 0. The molecule has 6 heteroatoms. The van der Waals surface area contributed by atoms with Gasteiger partial charge in [-0.3, -0.25) is 19.4 Å². The Kier molecular flexibility index (Phi) is 7.70. The average molecular weight is 465 g/mol. The number of ketones is 2. The van der Waals surface area contributed by atoms with Crippen LogP contribution in [0.15, 0.2) is 24.3 Å². The Labute approximate surface area is 202 Å². The molecule has 2 saturated heterocycles. The zero-order valence-electron chi connectivity index (χ0n) is 20.2. The summed E-state index contributed by atoms with van der Waals surface area (Å²) >= 11 is 0. The molecule has 0 saturated carbocycles. The monoisotopic (exact) mass is 464 g/mol. The first kappa shape index (κ1) is 23.6. The van der Waals surface area contributed by atoms with E-state index in [-0.39, 0.29) is 11.6 Å². The van der Waals surface area contributed by atoms with Gasteiger partial charge in [0, 0.05) is 50.1 Å². The maximum atomic E-state index is 13.1. The summed E-state index contributed by atoms with van der Waals surface area (Å²) in [5.74, 6) is 0.447. The van der Waals surface area contributed by atoms with E-state index in [0.29, 0.717) is 12.8 Å². The van der Waals surface area contributed by atoms with Crippen LogP contribution in [0.3, 0.4) is 0 Å². The Hall–Kier alpha value is -2.12. The summed E-state index contributed by atoms with van der Waals surface area (Å²) in [4.78, 5) is 31.0. The third kappa shape index (κ3) is 5.25. The number of Topliss-reactive ketones (excluding diaryl/α,β-unsaturated/α-hetero) is 2. The van der Waals surface area contributed by atoms with Crippen molar-refractivity contribution < 1.29 is 19.1 Å². The third-order valence-corrected chi connectivity index (χ3v) is 7.58. The van der Waals surface area contributed by atoms with Crippen molar-refractivity contribution in [3.8, 4) is 0 Å². The number of benzene rings is 2. The van der Waals surface area contributed by atoms with E-state index in [0.717, 1.165) is 119 Å². The zero-order chi connectivity index (χ0) is 23.3. The van der Waals surface area contributed by atoms with Gasteiger partial charge in [-0.15, -0.1) is 0 Å². The predicted octanol–water partition coefficient (Wildman–Crippen LogP) is 3.53. The van der Waals surface area contributed by atoms with Gasteiger partial charge in [0.2, 0.25) is 0 Å². The lowest BCUT2D eigenvalue weighted by Crippen LogP contribution is -2.36. The molecule has 0 spiro atoms. The number of carbonyl (C=O) groups is 2. The fourth-order valence-corrected chi connectivity index (χ4v) is 5.67. The van der Waals surface area contributed by atoms with Crippen LogP contribution in [0.5, 0.6) is 0 Å². The van der Waals surface area contributed by atoms with Crippen molar-refractivity contribution in [2.75, 3.05) is 65.7 Å². The molecular weight excluding hydrogens is 428 g/mol. The number of ether oxygens (including phenoxy) is 2. The van der Waals surface area contributed by atoms with Gasteiger partial charge >= 0.3 is 0 Å².